The summed E-state index contributed by atoms with van der Waals surface area (Å²) in [5.74, 6) is 0. The summed E-state index contributed by atoms with van der Waals surface area (Å²) in [5, 5.41) is 1.77. The van der Waals surface area contributed by atoms with Gasteiger partial charge in [-0.05, 0) is 44.9 Å². The molecule has 2 N–H and O–H groups in total. The molecule has 0 saturated heterocycles. The van der Waals surface area contributed by atoms with Gasteiger partial charge in [0.1, 0.15) is 5.15 Å². The highest BCUT2D eigenvalue weighted by atomic mass is 35.5. The number of nitrogens with two attached hydrogens (primary N) is 1. The minimum Gasteiger partial charge on any atom is -0.328 e. The molecule has 0 spiro atoms. The number of rotatable bonds is 3. The molecule has 2 aromatic rings. The van der Waals surface area contributed by atoms with Crippen LogP contribution < -0.4 is 5.73 Å². The second kappa shape index (κ2) is 6.30. The molecule has 3 rings (SSSR count). The first-order chi connectivity index (χ1) is 10.1. The van der Waals surface area contributed by atoms with E-state index in [1.165, 1.54) is 12.8 Å². The summed E-state index contributed by atoms with van der Waals surface area (Å²) in [4.78, 5) is 6.90. The summed E-state index contributed by atoms with van der Waals surface area (Å²) in [6.07, 6.45) is 4.60. The molecule has 1 aliphatic rings. The van der Waals surface area contributed by atoms with Gasteiger partial charge in [-0.25, -0.2) is 4.98 Å². The molecular weight excluding hydrogens is 282 g/mol. The van der Waals surface area contributed by atoms with Crippen LogP contribution in [0, 0.1) is 0 Å². The van der Waals surface area contributed by atoms with Crippen molar-refractivity contribution in [3.05, 3.63) is 41.0 Å². The van der Waals surface area contributed by atoms with Crippen LogP contribution in [0.3, 0.4) is 0 Å². The zero-order valence-electron chi connectivity index (χ0n) is 12.4. The van der Waals surface area contributed by atoms with Gasteiger partial charge in [0.15, 0.2) is 0 Å². The van der Waals surface area contributed by atoms with E-state index < -0.39 is 0 Å². The molecule has 1 saturated carbocycles. The predicted octanol–water partition coefficient (Wildman–Crippen LogP) is 3.59. The molecular formula is C17H22ClN3. The molecule has 0 atom stereocenters. The van der Waals surface area contributed by atoms with Gasteiger partial charge in [-0.3, -0.25) is 4.90 Å². The smallest absolute Gasteiger partial charge is 0.134 e. The van der Waals surface area contributed by atoms with Crippen LogP contribution in [0.4, 0.5) is 0 Å². The summed E-state index contributed by atoms with van der Waals surface area (Å²) in [6, 6.07) is 11.3. The minimum absolute atomic E-state index is 0.389. The Bertz CT molecular complexity index is 620. The summed E-state index contributed by atoms with van der Waals surface area (Å²) >= 11 is 6.35. The van der Waals surface area contributed by atoms with Gasteiger partial charge in [-0.1, -0.05) is 29.8 Å². The number of hydrogen-bond donors (Lipinski definition) is 1. The minimum atomic E-state index is 0.389. The lowest BCUT2D eigenvalue weighted by atomic mass is 9.91. The van der Waals surface area contributed by atoms with Crippen molar-refractivity contribution in [3.63, 3.8) is 0 Å². The van der Waals surface area contributed by atoms with E-state index >= 15 is 0 Å². The number of halogens is 1. The van der Waals surface area contributed by atoms with Crippen molar-refractivity contribution in [1.82, 2.24) is 9.88 Å². The maximum Gasteiger partial charge on any atom is 0.134 e. The maximum atomic E-state index is 6.35. The summed E-state index contributed by atoms with van der Waals surface area (Å²) < 4.78 is 0. The van der Waals surface area contributed by atoms with Crippen LogP contribution in [0.1, 0.15) is 31.2 Å². The van der Waals surface area contributed by atoms with Crippen LogP contribution in [0.25, 0.3) is 10.9 Å². The molecule has 0 aliphatic heterocycles. The highest BCUT2D eigenvalue weighted by molar-refractivity contribution is 6.30. The molecule has 3 nitrogen and oxygen atoms in total. The molecule has 21 heavy (non-hydrogen) atoms. The van der Waals surface area contributed by atoms with Crippen LogP contribution in [0.15, 0.2) is 30.3 Å². The normalized spacial score (nSPS) is 22.9. The monoisotopic (exact) mass is 303 g/mol. The van der Waals surface area contributed by atoms with E-state index in [1.807, 2.05) is 18.2 Å². The van der Waals surface area contributed by atoms with Crippen LogP contribution in [0.2, 0.25) is 5.15 Å². The van der Waals surface area contributed by atoms with Gasteiger partial charge in [-0.2, -0.15) is 0 Å². The summed E-state index contributed by atoms with van der Waals surface area (Å²) in [5.41, 5.74) is 8.05. The first-order valence-corrected chi connectivity index (χ1v) is 8.01. The van der Waals surface area contributed by atoms with E-state index in [0.29, 0.717) is 17.2 Å². The Kier molecular flexibility index (Phi) is 4.43. The Labute approximate surface area is 131 Å². The van der Waals surface area contributed by atoms with Gasteiger partial charge in [0.05, 0.1) is 5.52 Å². The number of para-hydroxylation sites is 1. The van der Waals surface area contributed by atoms with E-state index in [1.54, 1.807) is 0 Å². The zero-order valence-corrected chi connectivity index (χ0v) is 13.2. The number of benzene rings is 1. The third kappa shape index (κ3) is 3.37. The quantitative estimate of drug-likeness (QED) is 0.881. The Morgan fingerprint density at radius 3 is 2.71 bits per heavy atom. The van der Waals surface area contributed by atoms with Crippen molar-refractivity contribution < 1.29 is 0 Å². The third-order valence-electron chi connectivity index (χ3n) is 4.53. The molecule has 1 heterocycles. The second-order valence-electron chi connectivity index (χ2n) is 6.11. The first-order valence-electron chi connectivity index (χ1n) is 7.63. The van der Waals surface area contributed by atoms with Gasteiger partial charge in [0.2, 0.25) is 0 Å². The summed E-state index contributed by atoms with van der Waals surface area (Å²) in [7, 11) is 2.17. The van der Waals surface area contributed by atoms with Crippen molar-refractivity contribution in [1.29, 1.82) is 0 Å². The fourth-order valence-electron chi connectivity index (χ4n) is 3.19. The highest BCUT2D eigenvalue weighted by Crippen LogP contribution is 2.25. The largest absolute Gasteiger partial charge is 0.328 e. The Hall–Kier alpha value is -1.16. The maximum absolute atomic E-state index is 6.35. The van der Waals surface area contributed by atoms with Crippen LogP contribution in [-0.2, 0) is 6.54 Å². The average molecular weight is 304 g/mol. The molecule has 1 aliphatic carbocycles. The fourth-order valence-corrected chi connectivity index (χ4v) is 3.39. The fraction of sp³-hybridized carbons (Fsp3) is 0.471. The van der Waals surface area contributed by atoms with Crippen molar-refractivity contribution in [2.75, 3.05) is 7.05 Å². The average Bonchev–Trinajstić information content (AvgIpc) is 2.48. The number of nitrogens with zero attached hydrogens (tertiary/aromatic N) is 2. The third-order valence-corrected chi connectivity index (χ3v) is 4.86. The lowest BCUT2D eigenvalue weighted by Gasteiger charge is -2.33. The molecule has 112 valence electrons. The van der Waals surface area contributed by atoms with Crippen molar-refractivity contribution >= 4 is 22.5 Å². The highest BCUT2D eigenvalue weighted by Gasteiger charge is 2.22. The number of aromatic nitrogens is 1. The lowest BCUT2D eigenvalue weighted by Crippen LogP contribution is -2.38. The molecule has 4 heteroatoms. The van der Waals surface area contributed by atoms with Crippen LogP contribution >= 0.6 is 11.6 Å². The van der Waals surface area contributed by atoms with Gasteiger partial charge >= 0.3 is 0 Å². The molecule has 1 aromatic heterocycles. The van der Waals surface area contributed by atoms with E-state index in [-0.39, 0.29) is 0 Å². The van der Waals surface area contributed by atoms with Crippen LogP contribution in [0.5, 0.6) is 0 Å². The topological polar surface area (TPSA) is 42.2 Å². The van der Waals surface area contributed by atoms with Crippen molar-refractivity contribution in [3.8, 4) is 0 Å². The van der Waals surface area contributed by atoms with E-state index in [4.69, 9.17) is 17.3 Å². The SMILES string of the molecule is CN(Cc1cc2ccccc2nc1Cl)C1CCC(N)CC1. The van der Waals surface area contributed by atoms with Gasteiger partial charge in [-0.15, -0.1) is 0 Å². The zero-order chi connectivity index (χ0) is 14.8. The molecule has 1 fully saturated rings. The van der Waals surface area contributed by atoms with Crippen LogP contribution in [-0.4, -0.2) is 29.0 Å². The Balaban J connectivity index is 1.76. The number of pyridine rings is 1. The van der Waals surface area contributed by atoms with Crippen molar-refractivity contribution in [2.24, 2.45) is 5.73 Å². The Morgan fingerprint density at radius 2 is 1.95 bits per heavy atom. The molecule has 0 amide bonds. The van der Waals surface area contributed by atoms with Gasteiger partial charge in [0.25, 0.3) is 0 Å². The number of hydrogen-bond acceptors (Lipinski definition) is 3. The van der Waals surface area contributed by atoms with Crippen molar-refractivity contribution in [2.45, 2.75) is 44.3 Å². The Morgan fingerprint density at radius 1 is 1.24 bits per heavy atom. The first kappa shape index (κ1) is 14.8. The van der Waals surface area contributed by atoms with E-state index in [2.05, 4.69) is 29.1 Å². The molecule has 0 bridgehead atoms. The van der Waals surface area contributed by atoms with Gasteiger partial charge < -0.3 is 5.73 Å². The molecule has 0 radical (unpaired) electrons. The molecule has 1 aromatic carbocycles. The predicted molar refractivity (Wildman–Crippen MR) is 88.5 cm³/mol. The molecule has 0 unspecified atom stereocenters. The number of fused-ring (bicyclic) bond motifs is 1. The standard InChI is InChI=1S/C17H22ClN3/c1-21(15-8-6-14(19)7-9-15)11-13-10-12-4-2-3-5-16(12)20-17(13)18/h2-5,10,14-15H,6-9,11,19H2,1H3. The summed E-state index contributed by atoms with van der Waals surface area (Å²) in [6.45, 7) is 0.844. The van der Waals surface area contributed by atoms with E-state index in [9.17, 15) is 0 Å². The van der Waals surface area contributed by atoms with E-state index in [0.717, 1.165) is 35.9 Å². The second-order valence-corrected chi connectivity index (χ2v) is 6.47. The van der Waals surface area contributed by atoms with Gasteiger partial charge in [0, 0.05) is 29.6 Å². The lowest BCUT2D eigenvalue weighted by molar-refractivity contribution is 0.176.